The third-order valence-electron chi connectivity index (χ3n) is 2.19. The van der Waals surface area contributed by atoms with Crippen LogP contribution in [0.4, 0.5) is 4.39 Å². The molecule has 0 aromatic heterocycles. The first-order valence-electron chi connectivity index (χ1n) is 5.36. The fraction of sp³-hybridized carbons (Fsp3) is 0.231. The largest absolute Gasteiger partial charge is 0.364 e. The van der Waals surface area contributed by atoms with E-state index >= 15 is 0 Å². The highest BCUT2D eigenvalue weighted by molar-refractivity contribution is 5.99. The second-order valence-electron chi connectivity index (χ2n) is 3.54. The maximum Gasteiger partial charge on any atom is 0.134 e. The summed E-state index contributed by atoms with van der Waals surface area (Å²) in [6.07, 6.45) is 2.88. The molecule has 0 radical (unpaired) electrons. The van der Waals surface area contributed by atoms with E-state index in [1.54, 1.807) is 24.3 Å². The Hall–Kier alpha value is -1.97. The monoisotopic (exact) mass is 233 g/mol. The van der Waals surface area contributed by atoms with Gasteiger partial charge in [0, 0.05) is 12.3 Å². The molecule has 0 heterocycles. The van der Waals surface area contributed by atoms with Gasteiger partial charge in [-0.1, -0.05) is 18.2 Å². The molecule has 1 aromatic rings. The van der Waals surface area contributed by atoms with E-state index in [-0.39, 0.29) is 18.4 Å². The summed E-state index contributed by atoms with van der Waals surface area (Å²) in [5, 5.41) is 10.0. The van der Waals surface area contributed by atoms with E-state index in [9.17, 15) is 4.39 Å². The van der Waals surface area contributed by atoms with Crippen LogP contribution in [0.3, 0.4) is 0 Å². The average Bonchev–Trinajstić information content (AvgIpc) is 2.35. The van der Waals surface area contributed by atoms with Crippen molar-refractivity contribution in [3.63, 3.8) is 0 Å². The smallest absolute Gasteiger partial charge is 0.134 e. The lowest BCUT2D eigenvalue weighted by Gasteiger charge is -2.14. The Kier molecular flexibility index (Phi) is 5.07. The van der Waals surface area contributed by atoms with Gasteiger partial charge < -0.3 is 10.7 Å². The minimum atomic E-state index is -0.333. The molecule has 1 rings (SSSR count). The first-order valence-corrected chi connectivity index (χ1v) is 5.36. The number of hydrogen-bond donors (Lipinski definition) is 2. The Morgan fingerprint density at radius 1 is 1.59 bits per heavy atom. The van der Waals surface area contributed by atoms with Crippen LogP contribution in [0.2, 0.25) is 0 Å². The van der Waals surface area contributed by atoms with Crippen molar-refractivity contribution in [3.8, 4) is 0 Å². The SMILES string of the molecule is C=CC(C)NC(=NCC=N)c1ccccc1F. The molecular formula is C13H16FN3. The van der Waals surface area contributed by atoms with Crippen molar-refractivity contribution in [3.05, 3.63) is 48.3 Å². The number of nitrogens with one attached hydrogen (secondary N) is 2. The van der Waals surface area contributed by atoms with Crippen LogP contribution in [0, 0.1) is 11.2 Å². The minimum Gasteiger partial charge on any atom is -0.364 e. The molecule has 0 fully saturated rings. The lowest BCUT2D eigenvalue weighted by Crippen LogP contribution is -2.32. The zero-order chi connectivity index (χ0) is 12.7. The Bertz CT molecular complexity index is 426. The van der Waals surface area contributed by atoms with Gasteiger partial charge >= 0.3 is 0 Å². The molecule has 0 aliphatic heterocycles. The minimum absolute atomic E-state index is 0.0147. The van der Waals surface area contributed by atoms with Crippen LogP contribution in [-0.2, 0) is 0 Å². The molecule has 17 heavy (non-hydrogen) atoms. The molecule has 0 saturated carbocycles. The molecule has 4 heteroatoms. The standard InChI is InChI=1S/C13H16FN3/c1-3-10(2)17-13(16-9-8-15)11-6-4-5-7-12(11)14/h3-8,10,15H,1,9H2,2H3,(H,16,17). The molecule has 0 aliphatic rings. The van der Waals surface area contributed by atoms with Crippen molar-refractivity contribution in [2.45, 2.75) is 13.0 Å². The summed E-state index contributed by atoms with van der Waals surface area (Å²) in [6, 6.07) is 6.40. The third-order valence-corrected chi connectivity index (χ3v) is 2.19. The lowest BCUT2D eigenvalue weighted by molar-refractivity contribution is 0.623. The number of amidine groups is 1. The van der Waals surface area contributed by atoms with E-state index in [0.29, 0.717) is 11.4 Å². The Morgan fingerprint density at radius 2 is 2.29 bits per heavy atom. The second kappa shape index (κ2) is 6.58. The van der Waals surface area contributed by atoms with Crippen LogP contribution >= 0.6 is 0 Å². The summed E-state index contributed by atoms with van der Waals surface area (Å²) >= 11 is 0. The van der Waals surface area contributed by atoms with Gasteiger partial charge in [-0.05, 0) is 19.1 Å². The molecule has 0 spiro atoms. The predicted octanol–water partition coefficient (Wildman–Crippen LogP) is 2.39. The van der Waals surface area contributed by atoms with Crippen LogP contribution in [0.1, 0.15) is 12.5 Å². The number of rotatable bonds is 5. The van der Waals surface area contributed by atoms with Crippen LogP contribution in [0.15, 0.2) is 41.9 Å². The lowest BCUT2D eigenvalue weighted by atomic mass is 10.1. The van der Waals surface area contributed by atoms with Gasteiger partial charge in [0.2, 0.25) is 0 Å². The number of nitrogens with zero attached hydrogens (tertiary/aromatic N) is 1. The van der Waals surface area contributed by atoms with Crippen molar-refractivity contribution in [2.75, 3.05) is 6.54 Å². The fourth-order valence-electron chi connectivity index (χ4n) is 1.27. The molecule has 1 aromatic carbocycles. The van der Waals surface area contributed by atoms with Crippen molar-refractivity contribution in [1.29, 1.82) is 5.41 Å². The third kappa shape index (κ3) is 3.83. The molecule has 90 valence electrons. The van der Waals surface area contributed by atoms with Gasteiger partial charge in [-0.15, -0.1) is 6.58 Å². The summed E-state index contributed by atoms with van der Waals surface area (Å²) in [4.78, 5) is 4.14. The Balaban J connectivity index is 3.02. The molecule has 0 saturated heterocycles. The molecule has 1 unspecified atom stereocenters. The van der Waals surface area contributed by atoms with Crippen molar-refractivity contribution < 1.29 is 4.39 Å². The highest BCUT2D eigenvalue weighted by atomic mass is 19.1. The summed E-state index contributed by atoms with van der Waals surface area (Å²) in [6.45, 7) is 5.77. The Morgan fingerprint density at radius 3 is 2.88 bits per heavy atom. The number of aliphatic imine (C=N–C) groups is 1. The molecule has 0 bridgehead atoms. The summed E-state index contributed by atoms with van der Waals surface area (Å²) in [7, 11) is 0. The van der Waals surface area contributed by atoms with E-state index in [4.69, 9.17) is 5.41 Å². The van der Waals surface area contributed by atoms with Gasteiger partial charge in [-0.25, -0.2) is 4.39 Å². The zero-order valence-electron chi connectivity index (χ0n) is 9.78. The zero-order valence-corrected chi connectivity index (χ0v) is 9.78. The van der Waals surface area contributed by atoms with E-state index < -0.39 is 0 Å². The molecule has 3 nitrogen and oxygen atoms in total. The van der Waals surface area contributed by atoms with Crippen molar-refractivity contribution in [1.82, 2.24) is 5.32 Å². The van der Waals surface area contributed by atoms with Crippen LogP contribution in [-0.4, -0.2) is 24.6 Å². The summed E-state index contributed by atoms with van der Waals surface area (Å²) in [5.74, 6) is 0.110. The number of hydrogen-bond acceptors (Lipinski definition) is 2. The van der Waals surface area contributed by atoms with Crippen LogP contribution < -0.4 is 5.32 Å². The maximum atomic E-state index is 13.6. The van der Waals surface area contributed by atoms with Crippen molar-refractivity contribution >= 4 is 12.1 Å². The highest BCUT2D eigenvalue weighted by Crippen LogP contribution is 2.07. The Labute approximate surface area is 101 Å². The van der Waals surface area contributed by atoms with Gasteiger partial charge in [-0.2, -0.15) is 0 Å². The van der Waals surface area contributed by atoms with Gasteiger partial charge in [0.1, 0.15) is 11.7 Å². The van der Waals surface area contributed by atoms with E-state index in [1.165, 1.54) is 12.3 Å². The highest BCUT2D eigenvalue weighted by Gasteiger charge is 2.09. The van der Waals surface area contributed by atoms with Crippen LogP contribution in [0.25, 0.3) is 0 Å². The van der Waals surface area contributed by atoms with E-state index in [0.717, 1.165) is 0 Å². The molecular weight excluding hydrogens is 217 g/mol. The van der Waals surface area contributed by atoms with E-state index in [2.05, 4.69) is 16.9 Å². The molecule has 2 N–H and O–H groups in total. The molecule has 0 amide bonds. The molecule has 1 atom stereocenters. The average molecular weight is 233 g/mol. The predicted molar refractivity (Wildman–Crippen MR) is 69.4 cm³/mol. The van der Waals surface area contributed by atoms with Gasteiger partial charge in [0.25, 0.3) is 0 Å². The normalized spacial score (nSPS) is 12.9. The second-order valence-corrected chi connectivity index (χ2v) is 3.54. The van der Waals surface area contributed by atoms with Crippen molar-refractivity contribution in [2.24, 2.45) is 4.99 Å². The van der Waals surface area contributed by atoms with Gasteiger partial charge in [0.15, 0.2) is 0 Å². The van der Waals surface area contributed by atoms with Gasteiger partial charge in [0.05, 0.1) is 12.1 Å². The first-order chi connectivity index (χ1) is 8.19. The topological polar surface area (TPSA) is 48.2 Å². The number of halogens is 1. The first kappa shape index (κ1) is 13.1. The van der Waals surface area contributed by atoms with Crippen LogP contribution in [0.5, 0.6) is 0 Å². The quantitative estimate of drug-likeness (QED) is 0.458. The summed E-state index contributed by atoms with van der Waals surface area (Å²) in [5.41, 5.74) is 0.406. The number of benzene rings is 1. The van der Waals surface area contributed by atoms with Gasteiger partial charge in [-0.3, -0.25) is 4.99 Å². The van der Waals surface area contributed by atoms with E-state index in [1.807, 2.05) is 6.92 Å². The maximum absolute atomic E-state index is 13.6. The fourth-order valence-corrected chi connectivity index (χ4v) is 1.27. The molecule has 0 aliphatic carbocycles. The summed E-state index contributed by atoms with van der Waals surface area (Å²) < 4.78 is 13.6.